The van der Waals surface area contributed by atoms with Crippen LogP contribution in [0.1, 0.15) is 4.88 Å². The molecule has 0 aliphatic heterocycles. The number of fused-ring (bicyclic) bond motifs is 1. The van der Waals surface area contributed by atoms with Crippen molar-refractivity contribution < 1.29 is 8.84 Å². The van der Waals surface area contributed by atoms with Gasteiger partial charge in [-0.25, -0.2) is 0 Å². The number of thiophene rings is 1. The van der Waals surface area contributed by atoms with Gasteiger partial charge in [-0.3, -0.25) is 0 Å². The fourth-order valence-electron chi connectivity index (χ4n) is 2.37. The Kier molecular flexibility index (Phi) is 4.43. The van der Waals surface area contributed by atoms with Crippen molar-refractivity contribution in [3.05, 3.63) is 47.5 Å². The molecule has 0 unspecified atom stereocenters. The molecule has 3 nitrogen and oxygen atoms in total. The van der Waals surface area contributed by atoms with Crippen molar-refractivity contribution in [3.8, 4) is 5.75 Å². The molecule has 0 aliphatic carbocycles. The number of rotatable bonds is 6. The SMILES string of the molecule is CNCC[Si@H](Oc1cccc2ccoc12)c1ccc(C)s1. The van der Waals surface area contributed by atoms with Crippen LogP contribution in [0.2, 0.25) is 6.04 Å². The first kappa shape index (κ1) is 14.4. The molecule has 3 rings (SSSR count). The van der Waals surface area contributed by atoms with Gasteiger partial charge < -0.3 is 14.2 Å². The minimum atomic E-state index is -1.50. The lowest BCUT2D eigenvalue weighted by Gasteiger charge is -2.16. The van der Waals surface area contributed by atoms with Crippen LogP contribution in [0.15, 0.2) is 47.1 Å². The summed E-state index contributed by atoms with van der Waals surface area (Å²) in [6.07, 6.45) is 1.72. The highest BCUT2D eigenvalue weighted by Crippen LogP contribution is 2.27. The van der Waals surface area contributed by atoms with E-state index in [1.807, 2.05) is 42.6 Å². The zero-order valence-corrected chi connectivity index (χ0v) is 14.2. The number of hydrogen-bond donors (Lipinski definition) is 1. The van der Waals surface area contributed by atoms with E-state index in [2.05, 4.69) is 24.4 Å². The molecule has 0 radical (unpaired) electrons. The quantitative estimate of drug-likeness (QED) is 0.710. The van der Waals surface area contributed by atoms with Gasteiger partial charge in [-0.05, 0) is 50.8 Å². The van der Waals surface area contributed by atoms with E-state index < -0.39 is 9.04 Å². The average molecular weight is 317 g/mol. The number of furan rings is 1. The maximum Gasteiger partial charge on any atom is 0.278 e. The molecule has 0 saturated carbocycles. The number of benzene rings is 1. The second-order valence-corrected chi connectivity index (χ2v) is 9.19. The number of nitrogens with one attached hydrogen (secondary N) is 1. The lowest BCUT2D eigenvalue weighted by atomic mass is 10.2. The molecule has 0 bridgehead atoms. The van der Waals surface area contributed by atoms with Crippen LogP contribution >= 0.6 is 11.3 Å². The minimum Gasteiger partial charge on any atom is -0.539 e. The molecule has 3 aromatic rings. The summed E-state index contributed by atoms with van der Waals surface area (Å²) in [4.78, 5) is 1.34. The topological polar surface area (TPSA) is 34.4 Å². The minimum absolute atomic E-state index is 0.854. The van der Waals surface area contributed by atoms with E-state index in [0.717, 1.165) is 29.3 Å². The smallest absolute Gasteiger partial charge is 0.278 e. The third kappa shape index (κ3) is 3.20. The van der Waals surface area contributed by atoms with Gasteiger partial charge in [0.05, 0.1) is 6.26 Å². The van der Waals surface area contributed by atoms with Crippen LogP contribution in [-0.2, 0) is 0 Å². The number of para-hydroxylation sites is 1. The maximum atomic E-state index is 6.40. The standard InChI is InChI=1S/C16H19NO2SSi/c1-12-6-7-15(20-12)21(11-9-17-2)19-14-5-3-4-13-8-10-18-16(13)14/h3-8,10,17,21H,9,11H2,1-2H3/t21-/m0/s1. The summed E-state index contributed by atoms with van der Waals surface area (Å²) < 4.78 is 13.4. The van der Waals surface area contributed by atoms with Crippen molar-refractivity contribution in [1.82, 2.24) is 5.32 Å². The van der Waals surface area contributed by atoms with E-state index in [9.17, 15) is 0 Å². The summed E-state index contributed by atoms with van der Waals surface area (Å²) in [7, 11) is 0.482. The van der Waals surface area contributed by atoms with E-state index in [-0.39, 0.29) is 0 Å². The third-order valence-electron chi connectivity index (χ3n) is 3.45. The molecule has 0 amide bonds. The molecule has 0 aliphatic rings. The molecule has 110 valence electrons. The summed E-state index contributed by atoms with van der Waals surface area (Å²) in [5.74, 6) is 0.872. The van der Waals surface area contributed by atoms with E-state index in [0.29, 0.717) is 0 Å². The Morgan fingerprint density at radius 2 is 2.14 bits per heavy atom. The van der Waals surface area contributed by atoms with Gasteiger partial charge in [-0.1, -0.05) is 12.1 Å². The number of aryl methyl sites for hydroxylation is 1. The second kappa shape index (κ2) is 6.47. The number of hydrogen-bond acceptors (Lipinski definition) is 4. The van der Waals surface area contributed by atoms with Gasteiger partial charge >= 0.3 is 0 Å². The molecule has 2 heterocycles. The zero-order chi connectivity index (χ0) is 14.7. The van der Waals surface area contributed by atoms with Crippen LogP contribution in [-0.4, -0.2) is 22.6 Å². The molecule has 2 aromatic heterocycles. The molecular formula is C16H19NO2SSi. The van der Waals surface area contributed by atoms with Crippen molar-refractivity contribution in [2.45, 2.75) is 13.0 Å². The van der Waals surface area contributed by atoms with Crippen molar-refractivity contribution >= 4 is 35.8 Å². The second-order valence-electron chi connectivity index (χ2n) is 5.04. The van der Waals surface area contributed by atoms with Gasteiger partial charge in [0.2, 0.25) is 0 Å². The van der Waals surface area contributed by atoms with Crippen molar-refractivity contribution in [2.75, 3.05) is 13.6 Å². The predicted octanol–water partition coefficient (Wildman–Crippen LogP) is 3.03. The maximum absolute atomic E-state index is 6.40. The Morgan fingerprint density at radius 3 is 2.90 bits per heavy atom. The third-order valence-corrected chi connectivity index (χ3v) is 7.60. The zero-order valence-electron chi connectivity index (χ0n) is 12.3. The summed E-state index contributed by atoms with van der Waals surface area (Å²) >= 11 is 1.85. The highest BCUT2D eigenvalue weighted by molar-refractivity contribution is 7.22. The van der Waals surface area contributed by atoms with E-state index >= 15 is 0 Å². The van der Waals surface area contributed by atoms with Crippen molar-refractivity contribution in [2.24, 2.45) is 0 Å². The Balaban J connectivity index is 1.88. The van der Waals surface area contributed by atoms with Crippen LogP contribution in [0, 0.1) is 6.92 Å². The Bertz CT molecular complexity index is 722. The van der Waals surface area contributed by atoms with Crippen LogP contribution in [0.25, 0.3) is 11.0 Å². The summed E-state index contributed by atoms with van der Waals surface area (Å²) in [6.45, 7) is 3.12. The lowest BCUT2D eigenvalue weighted by Crippen LogP contribution is -2.36. The van der Waals surface area contributed by atoms with Gasteiger partial charge in [-0.15, -0.1) is 11.3 Å². The molecular weight excluding hydrogens is 298 g/mol. The highest BCUT2D eigenvalue weighted by Gasteiger charge is 2.20. The summed E-state index contributed by atoms with van der Waals surface area (Å²) in [5.41, 5.74) is 0.854. The fourth-order valence-corrected chi connectivity index (χ4v) is 6.47. The Morgan fingerprint density at radius 1 is 1.24 bits per heavy atom. The molecule has 5 heteroatoms. The molecule has 0 spiro atoms. The van der Waals surface area contributed by atoms with Crippen LogP contribution in [0.3, 0.4) is 0 Å². The predicted molar refractivity (Wildman–Crippen MR) is 91.4 cm³/mol. The normalized spacial score (nSPS) is 12.7. The molecule has 1 aromatic carbocycles. The van der Waals surface area contributed by atoms with Crippen LogP contribution in [0.5, 0.6) is 5.75 Å². The highest BCUT2D eigenvalue weighted by atomic mass is 32.1. The molecule has 0 saturated heterocycles. The van der Waals surface area contributed by atoms with Gasteiger partial charge in [-0.2, -0.15) is 0 Å². The van der Waals surface area contributed by atoms with Gasteiger partial charge in [0, 0.05) is 14.8 Å². The monoisotopic (exact) mass is 317 g/mol. The molecule has 1 atom stereocenters. The summed E-state index contributed by atoms with van der Waals surface area (Å²) in [6, 6.07) is 13.5. The first-order chi connectivity index (χ1) is 10.3. The van der Waals surface area contributed by atoms with Gasteiger partial charge in [0.1, 0.15) is 5.75 Å². The Hall–Kier alpha value is -1.56. The first-order valence-electron chi connectivity index (χ1n) is 7.12. The van der Waals surface area contributed by atoms with Crippen LogP contribution < -0.4 is 14.2 Å². The average Bonchev–Trinajstić information content (AvgIpc) is 3.12. The fraction of sp³-hybridized carbons (Fsp3) is 0.250. The van der Waals surface area contributed by atoms with E-state index in [4.69, 9.17) is 8.84 Å². The lowest BCUT2D eigenvalue weighted by molar-refractivity contribution is 0.546. The van der Waals surface area contributed by atoms with Crippen LogP contribution in [0.4, 0.5) is 0 Å². The molecule has 1 N–H and O–H groups in total. The molecule has 21 heavy (non-hydrogen) atoms. The first-order valence-corrected chi connectivity index (χ1v) is 9.80. The van der Waals surface area contributed by atoms with Crippen molar-refractivity contribution in [3.63, 3.8) is 0 Å². The van der Waals surface area contributed by atoms with Crippen molar-refractivity contribution in [1.29, 1.82) is 0 Å². The van der Waals surface area contributed by atoms with E-state index in [1.54, 1.807) is 6.26 Å². The van der Waals surface area contributed by atoms with Gasteiger partial charge in [0.15, 0.2) is 5.58 Å². The van der Waals surface area contributed by atoms with Gasteiger partial charge in [0.25, 0.3) is 9.04 Å². The summed E-state index contributed by atoms with van der Waals surface area (Å²) in [5, 5.41) is 4.32. The largest absolute Gasteiger partial charge is 0.539 e. The molecule has 0 fully saturated rings. The van der Waals surface area contributed by atoms with E-state index in [1.165, 1.54) is 9.38 Å². The Labute approximate surface area is 130 Å².